The second-order valence-electron chi connectivity index (χ2n) is 8.88. The lowest BCUT2D eigenvalue weighted by atomic mass is 10.0. The van der Waals surface area contributed by atoms with Gasteiger partial charge in [-0.05, 0) is 35.9 Å². The van der Waals surface area contributed by atoms with Crippen LogP contribution in [0.25, 0.3) is 0 Å². The average molecular weight is 598 g/mol. The number of hydrogen-bond donors (Lipinski definition) is 2. The fourth-order valence-electron chi connectivity index (χ4n) is 4.27. The van der Waals surface area contributed by atoms with Gasteiger partial charge in [0.15, 0.2) is 0 Å². The first-order valence-corrected chi connectivity index (χ1v) is 13.0. The number of fused-ring (bicyclic) bond motifs is 1. The van der Waals surface area contributed by atoms with Gasteiger partial charge in [0.05, 0.1) is 33.2 Å². The summed E-state index contributed by atoms with van der Waals surface area (Å²) < 4.78 is 14.3. The van der Waals surface area contributed by atoms with Crippen LogP contribution >= 0.6 is 34.8 Å². The molecule has 202 valence electrons. The lowest BCUT2D eigenvalue weighted by Crippen LogP contribution is -2.43. The molecule has 40 heavy (non-hydrogen) atoms. The summed E-state index contributed by atoms with van der Waals surface area (Å²) in [5, 5.41) is 6.11. The quantitative estimate of drug-likeness (QED) is 0.295. The summed E-state index contributed by atoms with van der Waals surface area (Å²) in [4.78, 5) is 41.2. The number of anilines is 2. The van der Waals surface area contributed by atoms with Gasteiger partial charge in [0.2, 0.25) is 6.17 Å². The molecule has 2 amide bonds. The van der Waals surface area contributed by atoms with Crippen molar-refractivity contribution in [2.75, 3.05) is 17.3 Å². The predicted octanol–water partition coefficient (Wildman–Crippen LogP) is 5.76. The normalized spacial score (nSPS) is 14.5. The number of pyridine rings is 2. The maximum Gasteiger partial charge on any atom is 0.269 e. The number of benzene rings is 2. The topological polar surface area (TPSA) is 99.6 Å². The zero-order valence-corrected chi connectivity index (χ0v) is 23.1. The van der Waals surface area contributed by atoms with E-state index in [1.165, 1.54) is 12.1 Å². The number of nitrogens with one attached hydrogen (secondary N) is 2. The number of carbonyl (C=O) groups excluding carboxylic acids is 2. The summed E-state index contributed by atoms with van der Waals surface area (Å²) >= 11 is 19.1. The van der Waals surface area contributed by atoms with E-state index in [0.29, 0.717) is 28.4 Å². The van der Waals surface area contributed by atoms with Crippen molar-refractivity contribution >= 4 is 63.8 Å². The van der Waals surface area contributed by atoms with Crippen molar-refractivity contribution < 1.29 is 14.0 Å². The Labute approximate surface area is 243 Å². The molecule has 0 spiro atoms. The molecule has 0 aliphatic carbocycles. The summed E-state index contributed by atoms with van der Waals surface area (Å²) in [5.74, 6) is -1.90. The Kier molecular flexibility index (Phi) is 7.97. The molecule has 3 heterocycles. The largest absolute Gasteiger partial charge is 0.355 e. The van der Waals surface area contributed by atoms with Crippen LogP contribution in [-0.2, 0) is 11.3 Å². The number of hydrogen-bond acceptors (Lipinski definition) is 6. The summed E-state index contributed by atoms with van der Waals surface area (Å²) in [5.41, 5.74) is 2.34. The number of rotatable bonds is 6. The summed E-state index contributed by atoms with van der Waals surface area (Å²) in [6.45, 7) is 0.349. The molecule has 2 aromatic heterocycles. The number of benzodiazepines with no additional fused rings is 1. The van der Waals surface area contributed by atoms with Crippen LogP contribution in [0, 0.1) is 5.82 Å². The molecule has 1 aliphatic rings. The maximum atomic E-state index is 14.3. The molecule has 8 nitrogen and oxygen atoms in total. The highest BCUT2D eigenvalue weighted by Crippen LogP contribution is 2.34. The van der Waals surface area contributed by atoms with Crippen molar-refractivity contribution in [3.05, 3.63) is 116 Å². The Hall–Kier alpha value is -4.05. The van der Waals surface area contributed by atoms with Crippen molar-refractivity contribution in [3.8, 4) is 0 Å². The third-order valence-electron chi connectivity index (χ3n) is 6.04. The van der Waals surface area contributed by atoms with E-state index in [4.69, 9.17) is 34.8 Å². The molecule has 0 radical (unpaired) electrons. The summed E-state index contributed by atoms with van der Waals surface area (Å²) in [7, 11) is 1.71. The van der Waals surface area contributed by atoms with Crippen LogP contribution in [0.3, 0.4) is 0 Å². The fraction of sp³-hybridized carbons (Fsp3) is 0.107. The highest BCUT2D eigenvalue weighted by atomic mass is 35.5. The molecule has 0 fully saturated rings. The van der Waals surface area contributed by atoms with E-state index in [2.05, 4.69) is 25.6 Å². The third-order valence-corrected chi connectivity index (χ3v) is 6.85. The van der Waals surface area contributed by atoms with Gasteiger partial charge < -0.3 is 15.5 Å². The van der Waals surface area contributed by atoms with Crippen molar-refractivity contribution in [2.24, 2.45) is 4.99 Å². The van der Waals surface area contributed by atoms with Crippen molar-refractivity contribution in [3.63, 3.8) is 0 Å². The molecular weight excluding hydrogens is 578 g/mol. The van der Waals surface area contributed by atoms with Gasteiger partial charge in [-0.25, -0.2) is 14.4 Å². The van der Waals surface area contributed by atoms with Crippen LogP contribution in [-0.4, -0.2) is 40.7 Å². The number of carbonyl (C=O) groups is 2. The lowest BCUT2D eigenvalue weighted by Gasteiger charge is -2.21. The molecule has 0 saturated carbocycles. The fourth-order valence-corrected chi connectivity index (χ4v) is 5.26. The summed E-state index contributed by atoms with van der Waals surface area (Å²) in [6.07, 6.45) is 2.92. The zero-order valence-electron chi connectivity index (χ0n) is 20.8. The van der Waals surface area contributed by atoms with E-state index >= 15 is 0 Å². The number of halogens is 4. The monoisotopic (exact) mass is 596 g/mol. The van der Waals surface area contributed by atoms with Crippen LogP contribution in [0.4, 0.5) is 15.9 Å². The van der Waals surface area contributed by atoms with Crippen LogP contribution < -0.4 is 15.5 Å². The van der Waals surface area contributed by atoms with Crippen molar-refractivity contribution in [1.29, 1.82) is 0 Å². The van der Waals surface area contributed by atoms with Crippen LogP contribution in [0.15, 0.2) is 78.2 Å². The first kappa shape index (κ1) is 27.5. The van der Waals surface area contributed by atoms with Crippen LogP contribution in [0.5, 0.6) is 0 Å². The Morgan fingerprint density at radius 3 is 2.55 bits per heavy atom. The molecule has 2 N–H and O–H groups in total. The Morgan fingerprint density at radius 1 is 1.07 bits per heavy atom. The van der Waals surface area contributed by atoms with E-state index in [0.717, 1.165) is 17.8 Å². The minimum absolute atomic E-state index is 0.0831. The van der Waals surface area contributed by atoms with E-state index < -0.39 is 23.8 Å². The predicted molar refractivity (Wildman–Crippen MR) is 154 cm³/mol. The first-order valence-electron chi connectivity index (χ1n) is 11.9. The number of amides is 2. The molecule has 2 aromatic carbocycles. The molecule has 1 atom stereocenters. The zero-order chi connectivity index (χ0) is 28.4. The Morgan fingerprint density at radius 2 is 1.82 bits per heavy atom. The Balaban J connectivity index is 1.53. The van der Waals surface area contributed by atoms with E-state index in [1.54, 1.807) is 54.7 Å². The van der Waals surface area contributed by atoms with E-state index in [1.807, 2.05) is 6.07 Å². The van der Waals surface area contributed by atoms with E-state index in [9.17, 15) is 14.0 Å². The summed E-state index contributed by atoms with van der Waals surface area (Å²) in [6, 6.07) is 14.6. The number of aliphatic imine (C=N–C) groups is 1. The molecule has 1 aliphatic heterocycles. The third kappa shape index (κ3) is 5.77. The van der Waals surface area contributed by atoms with Crippen molar-refractivity contribution in [1.82, 2.24) is 15.3 Å². The molecule has 12 heteroatoms. The van der Waals surface area contributed by atoms with Gasteiger partial charge in [-0.1, -0.05) is 59.1 Å². The maximum absolute atomic E-state index is 14.3. The van der Waals surface area contributed by atoms with Gasteiger partial charge in [-0.2, -0.15) is 0 Å². The van der Waals surface area contributed by atoms with Gasteiger partial charge in [-0.3, -0.25) is 14.6 Å². The van der Waals surface area contributed by atoms with Gasteiger partial charge in [0, 0.05) is 42.1 Å². The Bertz CT molecular complexity index is 1630. The molecule has 4 aromatic rings. The number of aromatic nitrogens is 2. The SMILES string of the molecule is CN(Cc1cccnc1)c1ncc(F)cc1C(=O)NC1N=C(c2c(Cl)cc(Cl)cc2Cl)c2ccccc2NC1=O. The second kappa shape index (κ2) is 11.6. The molecule has 0 saturated heterocycles. The highest BCUT2D eigenvalue weighted by molar-refractivity contribution is 6.44. The van der Waals surface area contributed by atoms with Crippen LogP contribution in [0.2, 0.25) is 15.1 Å². The van der Waals surface area contributed by atoms with Crippen LogP contribution in [0.1, 0.15) is 27.0 Å². The van der Waals surface area contributed by atoms with E-state index in [-0.39, 0.29) is 27.1 Å². The first-order chi connectivity index (χ1) is 19.2. The van der Waals surface area contributed by atoms with Gasteiger partial charge >= 0.3 is 0 Å². The molecule has 5 rings (SSSR count). The highest BCUT2D eigenvalue weighted by Gasteiger charge is 2.30. The van der Waals surface area contributed by atoms with Gasteiger partial charge in [0.25, 0.3) is 11.8 Å². The number of nitrogens with zero attached hydrogens (tertiary/aromatic N) is 4. The molecular formula is C28H20Cl3FN6O2. The average Bonchev–Trinajstić information content (AvgIpc) is 3.04. The second-order valence-corrected chi connectivity index (χ2v) is 10.1. The lowest BCUT2D eigenvalue weighted by molar-refractivity contribution is -0.117. The number of para-hydroxylation sites is 1. The van der Waals surface area contributed by atoms with Crippen molar-refractivity contribution in [2.45, 2.75) is 12.7 Å². The van der Waals surface area contributed by atoms with Gasteiger partial charge in [0.1, 0.15) is 11.6 Å². The smallest absolute Gasteiger partial charge is 0.269 e. The minimum Gasteiger partial charge on any atom is -0.355 e. The molecule has 1 unspecified atom stereocenters. The van der Waals surface area contributed by atoms with Gasteiger partial charge in [-0.15, -0.1) is 0 Å². The minimum atomic E-state index is -1.42. The molecule has 0 bridgehead atoms. The standard InChI is InChI=1S/C28H20Cl3FN6O2/c1-38(14-15-5-4-8-33-12-15)26-19(11-17(32)13-34-26)27(39)37-25-28(40)35-22-7-3-2-6-18(22)24(36-25)23-20(30)9-16(29)10-21(23)31/h2-13,25H,14H2,1H3,(H,35,40)(H,37,39).